The predicted octanol–water partition coefficient (Wildman–Crippen LogP) is 4.92. The molecule has 0 spiro atoms. The summed E-state index contributed by atoms with van der Waals surface area (Å²) < 4.78 is 6.89. The minimum absolute atomic E-state index is 0.200. The number of nitrogens with one attached hydrogen (secondary N) is 1. The number of rotatable bonds is 5. The van der Waals surface area contributed by atoms with Crippen LogP contribution in [-0.2, 0) is 4.79 Å². The second kappa shape index (κ2) is 8.64. The first-order valence-corrected chi connectivity index (χ1v) is 9.94. The molecule has 2 aromatic carbocycles. The molecule has 0 aliphatic rings. The van der Waals surface area contributed by atoms with Crippen molar-refractivity contribution in [3.63, 3.8) is 0 Å². The number of para-hydroxylation sites is 1. The van der Waals surface area contributed by atoms with Crippen molar-refractivity contribution in [2.75, 3.05) is 11.9 Å². The van der Waals surface area contributed by atoms with Gasteiger partial charge in [0.25, 0.3) is 5.91 Å². The number of carbonyl (C=O) groups is 1. The van der Waals surface area contributed by atoms with Crippen LogP contribution in [0.4, 0.5) is 5.82 Å². The van der Waals surface area contributed by atoms with Gasteiger partial charge >= 0.3 is 0 Å². The van der Waals surface area contributed by atoms with Crippen LogP contribution in [0.3, 0.4) is 0 Å². The van der Waals surface area contributed by atoms with Crippen molar-refractivity contribution >= 4 is 45.8 Å². The van der Waals surface area contributed by atoms with Crippen LogP contribution >= 0.6 is 23.2 Å². The minimum atomic E-state index is -0.484. The molecule has 2 heterocycles. The topological polar surface area (TPSA) is 92.8 Å². The van der Waals surface area contributed by atoms with Gasteiger partial charge in [-0.3, -0.25) is 4.79 Å². The van der Waals surface area contributed by atoms with Crippen molar-refractivity contribution in [1.29, 1.82) is 5.26 Å². The Morgan fingerprint density at radius 3 is 2.81 bits per heavy atom. The molecule has 31 heavy (non-hydrogen) atoms. The fraction of sp³-hybridized carbons (Fsp3) is 0.0909. The number of halogens is 2. The van der Waals surface area contributed by atoms with Crippen LogP contribution in [0, 0.1) is 18.3 Å². The molecule has 0 fully saturated rings. The lowest BCUT2D eigenvalue weighted by atomic mass is 10.1. The minimum Gasteiger partial charge on any atom is -0.482 e. The first kappa shape index (κ1) is 20.7. The maximum absolute atomic E-state index is 12.5. The number of fused-ring (bicyclic) bond motifs is 1. The largest absolute Gasteiger partial charge is 0.482 e. The smallest absolute Gasteiger partial charge is 0.263 e. The SMILES string of the molecule is Cc1cc(-n2ncc(C#N)c2NC(=O)COc2ccc(Cl)cc2Cl)nc2ccccc12. The number of nitriles is 1. The van der Waals surface area contributed by atoms with Gasteiger partial charge in [-0.2, -0.15) is 15.0 Å². The summed E-state index contributed by atoms with van der Waals surface area (Å²) in [5.74, 6) is 0.527. The van der Waals surface area contributed by atoms with E-state index < -0.39 is 5.91 Å². The summed E-state index contributed by atoms with van der Waals surface area (Å²) in [5.41, 5.74) is 1.97. The molecule has 154 valence electrons. The molecule has 0 saturated carbocycles. The molecule has 0 bridgehead atoms. The summed E-state index contributed by atoms with van der Waals surface area (Å²) in [6.07, 6.45) is 1.37. The number of hydrogen-bond acceptors (Lipinski definition) is 5. The number of pyridine rings is 1. The number of amides is 1. The van der Waals surface area contributed by atoms with E-state index in [1.807, 2.05) is 43.3 Å². The highest BCUT2D eigenvalue weighted by molar-refractivity contribution is 6.35. The maximum Gasteiger partial charge on any atom is 0.263 e. The van der Waals surface area contributed by atoms with Gasteiger partial charge in [-0.25, -0.2) is 4.98 Å². The summed E-state index contributed by atoms with van der Waals surface area (Å²) in [6, 6.07) is 16.3. The molecular formula is C22H15Cl2N5O2. The Morgan fingerprint density at radius 2 is 2.03 bits per heavy atom. The van der Waals surface area contributed by atoms with Gasteiger partial charge in [-0.05, 0) is 42.8 Å². The predicted molar refractivity (Wildman–Crippen MR) is 119 cm³/mol. The van der Waals surface area contributed by atoms with Crippen LogP contribution in [0.1, 0.15) is 11.1 Å². The lowest BCUT2D eigenvalue weighted by Gasteiger charge is -2.12. The lowest BCUT2D eigenvalue weighted by molar-refractivity contribution is -0.118. The van der Waals surface area contributed by atoms with Gasteiger partial charge in [0.05, 0.1) is 16.7 Å². The fourth-order valence-corrected chi connectivity index (χ4v) is 3.53. The molecule has 2 aromatic heterocycles. The molecule has 9 heteroatoms. The lowest BCUT2D eigenvalue weighted by Crippen LogP contribution is -2.22. The molecule has 0 radical (unpaired) electrons. The second-order valence-corrected chi connectivity index (χ2v) is 7.50. The van der Waals surface area contributed by atoms with Gasteiger partial charge in [0, 0.05) is 10.4 Å². The second-order valence-electron chi connectivity index (χ2n) is 6.66. The van der Waals surface area contributed by atoms with Crippen molar-refractivity contribution in [1.82, 2.24) is 14.8 Å². The van der Waals surface area contributed by atoms with E-state index in [1.54, 1.807) is 12.1 Å². The highest BCUT2D eigenvalue weighted by Gasteiger charge is 2.17. The molecule has 0 unspecified atom stereocenters. The third kappa shape index (κ3) is 4.31. The maximum atomic E-state index is 12.5. The number of hydrogen-bond donors (Lipinski definition) is 1. The van der Waals surface area contributed by atoms with Crippen molar-refractivity contribution < 1.29 is 9.53 Å². The van der Waals surface area contributed by atoms with Crippen LogP contribution in [0.25, 0.3) is 16.7 Å². The number of carbonyl (C=O) groups excluding carboxylic acids is 1. The van der Waals surface area contributed by atoms with E-state index in [0.717, 1.165) is 16.5 Å². The summed E-state index contributed by atoms with van der Waals surface area (Å²) in [6.45, 7) is 1.64. The Kier molecular flexibility index (Phi) is 5.76. The van der Waals surface area contributed by atoms with Crippen molar-refractivity contribution in [2.24, 2.45) is 0 Å². The molecule has 0 atom stereocenters. The molecule has 1 N–H and O–H groups in total. The molecule has 4 aromatic rings. The Morgan fingerprint density at radius 1 is 1.23 bits per heavy atom. The van der Waals surface area contributed by atoms with Crippen LogP contribution in [-0.4, -0.2) is 27.3 Å². The number of aryl methyl sites for hydroxylation is 1. The molecular weight excluding hydrogens is 437 g/mol. The van der Waals surface area contributed by atoms with Crippen LogP contribution in [0.15, 0.2) is 54.7 Å². The Bertz CT molecular complexity index is 1340. The van der Waals surface area contributed by atoms with Crippen molar-refractivity contribution in [3.8, 4) is 17.6 Å². The number of nitrogens with zero attached hydrogens (tertiary/aromatic N) is 4. The average molecular weight is 452 g/mol. The van der Waals surface area contributed by atoms with E-state index in [-0.39, 0.29) is 18.0 Å². The van der Waals surface area contributed by atoms with E-state index in [9.17, 15) is 10.1 Å². The van der Waals surface area contributed by atoms with Gasteiger partial charge in [-0.1, -0.05) is 41.4 Å². The number of benzene rings is 2. The van der Waals surface area contributed by atoms with Gasteiger partial charge < -0.3 is 10.1 Å². The first-order chi connectivity index (χ1) is 15.0. The summed E-state index contributed by atoms with van der Waals surface area (Å²) in [7, 11) is 0. The van der Waals surface area contributed by atoms with Crippen LogP contribution in [0.5, 0.6) is 5.75 Å². The first-order valence-electron chi connectivity index (χ1n) is 9.19. The molecule has 7 nitrogen and oxygen atoms in total. The third-order valence-corrected chi connectivity index (χ3v) is 5.06. The Balaban J connectivity index is 1.60. The van der Waals surface area contributed by atoms with E-state index in [2.05, 4.69) is 15.4 Å². The zero-order valence-corrected chi connectivity index (χ0v) is 17.8. The van der Waals surface area contributed by atoms with Crippen LogP contribution in [0.2, 0.25) is 10.0 Å². The van der Waals surface area contributed by atoms with Gasteiger partial charge in [0.15, 0.2) is 18.2 Å². The van der Waals surface area contributed by atoms with Crippen molar-refractivity contribution in [2.45, 2.75) is 6.92 Å². The fourth-order valence-electron chi connectivity index (χ4n) is 3.07. The highest BCUT2D eigenvalue weighted by Crippen LogP contribution is 2.28. The zero-order valence-electron chi connectivity index (χ0n) is 16.3. The summed E-state index contributed by atoms with van der Waals surface area (Å²) in [4.78, 5) is 17.1. The van der Waals surface area contributed by atoms with Crippen molar-refractivity contribution in [3.05, 3.63) is 75.9 Å². The van der Waals surface area contributed by atoms with Crippen LogP contribution < -0.4 is 10.1 Å². The molecule has 0 aliphatic carbocycles. The molecule has 4 rings (SSSR count). The average Bonchev–Trinajstić information content (AvgIpc) is 3.15. The van der Waals surface area contributed by atoms with E-state index >= 15 is 0 Å². The number of aromatic nitrogens is 3. The zero-order chi connectivity index (χ0) is 22.0. The standard InChI is InChI=1S/C22H15Cl2N5O2/c1-13-8-20(27-18-5-3-2-4-16(13)18)29-22(14(10-25)11-26-29)28-21(30)12-31-19-7-6-15(23)9-17(19)24/h2-9,11H,12H2,1H3,(H,28,30). The van der Waals surface area contributed by atoms with Gasteiger partial charge in [0.2, 0.25) is 0 Å². The summed E-state index contributed by atoms with van der Waals surface area (Å²) >= 11 is 11.9. The monoisotopic (exact) mass is 451 g/mol. The Hall–Kier alpha value is -3.60. The Labute approximate surface area is 187 Å². The highest BCUT2D eigenvalue weighted by atomic mass is 35.5. The number of ether oxygens (including phenoxy) is 1. The van der Waals surface area contributed by atoms with E-state index in [4.69, 9.17) is 27.9 Å². The van der Waals surface area contributed by atoms with E-state index in [1.165, 1.54) is 16.9 Å². The summed E-state index contributed by atoms with van der Waals surface area (Å²) in [5, 5.41) is 18.1. The van der Waals surface area contributed by atoms with E-state index in [0.29, 0.717) is 21.6 Å². The molecule has 0 saturated heterocycles. The van der Waals surface area contributed by atoms with Gasteiger partial charge in [-0.15, -0.1) is 0 Å². The number of anilines is 1. The molecule has 0 aliphatic heterocycles. The quantitative estimate of drug-likeness (QED) is 0.464. The molecule has 1 amide bonds. The van der Waals surface area contributed by atoms with Gasteiger partial charge in [0.1, 0.15) is 17.4 Å². The third-order valence-electron chi connectivity index (χ3n) is 4.53. The normalized spacial score (nSPS) is 10.6.